The lowest BCUT2D eigenvalue weighted by atomic mass is 10.0. The zero-order chi connectivity index (χ0) is 13.7. The minimum absolute atomic E-state index is 0.135. The van der Waals surface area contributed by atoms with Gasteiger partial charge in [-0.15, -0.1) is 11.6 Å². The lowest BCUT2D eigenvalue weighted by Gasteiger charge is -2.18. The summed E-state index contributed by atoms with van der Waals surface area (Å²) < 4.78 is 13.2. The average molecular weight is 292 g/mol. The van der Waals surface area contributed by atoms with Crippen LogP contribution in [0.5, 0.6) is 0 Å². The predicted octanol–water partition coefficient (Wildman–Crippen LogP) is 3.86. The van der Waals surface area contributed by atoms with Crippen LogP contribution in [0.1, 0.15) is 30.6 Å². The molecule has 1 N–H and O–H groups in total. The summed E-state index contributed by atoms with van der Waals surface area (Å²) >= 11 is 11.5. The van der Waals surface area contributed by atoms with E-state index in [1.165, 1.54) is 18.2 Å². The van der Waals surface area contributed by atoms with Crippen molar-refractivity contribution < 1.29 is 9.18 Å². The van der Waals surface area contributed by atoms with Crippen LogP contribution in [0, 0.1) is 11.7 Å². The Labute approximate surface area is 116 Å². The van der Waals surface area contributed by atoms with Gasteiger partial charge in [0, 0.05) is 11.9 Å². The fourth-order valence-corrected chi connectivity index (χ4v) is 2.09. The minimum Gasteiger partial charge on any atom is -0.348 e. The van der Waals surface area contributed by atoms with Crippen molar-refractivity contribution in [3.63, 3.8) is 0 Å². The number of hydrogen-bond acceptors (Lipinski definition) is 1. The largest absolute Gasteiger partial charge is 0.348 e. The van der Waals surface area contributed by atoms with Crippen molar-refractivity contribution in [2.45, 2.75) is 26.3 Å². The van der Waals surface area contributed by atoms with E-state index in [0.29, 0.717) is 11.8 Å². The Hall–Kier alpha value is -0.800. The molecule has 0 aliphatic carbocycles. The summed E-state index contributed by atoms with van der Waals surface area (Å²) in [6.45, 7) is 4.09. The molecule has 0 bridgehead atoms. The lowest BCUT2D eigenvalue weighted by molar-refractivity contribution is 0.0936. The Morgan fingerprint density at radius 2 is 2.11 bits per heavy atom. The minimum atomic E-state index is -0.601. The fraction of sp³-hybridized carbons (Fsp3) is 0.462. The van der Waals surface area contributed by atoms with E-state index in [1.807, 2.05) is 13.8 Å². The highest BCUT2D eigenvalue weighted by Crippen LogP contribution is 2.20. The summed E-state index contributed by atoms with van der Waals surface area (Å²) in [6, 6.07) is 4.01. The first-order chi connectivity index (χ1) is 8.45. The van der Waals surface area contributed by atoms with Gasteiger partial charge < -0.3 is 5.32 Å². The molecule has 1 rings (SSSR count). The number of nitrogens with one attached hydrogen (secondary N) is 1. The van der Waals surface area contributed by atoms with Crippen LogP contribution in [-0.4, -0.2) is 17.8 Å². The molecule has 1 aromatic carbocycles. The van der Waals surface area contributed by atoms with Gasteiger partial charge in [-0.2, -0.15) is 0 Å². The average Bonchev–Trinajstić information content (AvgIpc) is 2.31. The molecule has 5 heteroatoms. The molecular weight excluding hydrogens is 276 g/mol. The van der Waals surface area contributed by atoms with E-state index in [0.717, 1.165) is 6.42 Å². The highest BCUT2D eigenvalue weighted by atomic mass is 35.5. The van der Waals surface area contributed by atoms with E-state index in [9.17, 15) is 9.18 Å². The summed E-state index contributed by atoms with van der Waals surface area (Å²) in [5, 5.41) is 2.60. The number of rotatable bonds is 5. The summed E-state index contributed by atoms with van der Waals surface area (Å²) in [6.07, 6.45) is 0.766. The van der Waals surface area contributed by atoms with Crippen molar-refractivity contribution in [1.82, 2.24) is 5.32 Å². The molecule has 0 aliphatic rings. The fourth-order valence-electron chi connectivity index (χ4n) is 1.67. The standard InChI is InChI=1S/C13H16Cl2FNO/c1-8(2)6-9(7-14)17-13(18)10-4-3-5-11(16)12(10)15/h3-5,8-9H,6-7H2,1-2H3,(H,17,18). The molecule has 2 nitrogen and oxygen atoms in total. The number of amides is 1. The molecule has 0 aliphatic heterocycles. The Balaban J connectivity index is 2.78. The summed E-state index contributed by atoms with van der Waals surface area (Å²) in [5.74, 6) is -0.268. The molecule has 100 valence electrons. The van der Waals surface area contributed by atoms with E-state index in [-0.39, 0.29) is 16.6 Å². The number of carbonyl (C=O) groups excluding carboxylic acids is 1. The quantitative estimate of drug-likeness (QED) is 0.820. The molecule has 0 fully saturated rings. The SMILES string of the molecule is CC(C)CC(CCl)NC(=O)c1cccc(F)c1Cl. The molecule has 1 atom stereocenters. The first kappa shape index (κ1) is 15.3. The molecule has 1 aromatic rings. The number of alkyl halides is 1. The zero-order valence-electron chi connectivity index (χ0n) is 10.3. The van der Waals surface area contributed by atoms with Crippen LogP contribution in [0.2, 0.25) is 5.02 Å². The normalized spacial score (nSPS) is 12.6. The third-order valence-electron chi connectivity index (χ3n) is 2.47. The predicted molar refractivity (Wildman–Crippen MR) is 72.8 cm³/mol. The molecule has 0 saturated heterocycles. The van der Waals surface area contributed by atoms with Crippen LogP contribution in [-0.2, 0) is 0 Å². The topological polar surface area (TPSA) is 29.1 Å². The highest BCUT2D eigenvalue weighted by molar-refractivity contribution is 6.34. The van der Waals surface area contributed by atoms with Gasteiger partial charge in [0.2, 0.25) is 0 Å². The molecule has 0 saturated carbocycles. The van der Waals surface area contributed by atoms with Gasteiger partial charge in [-0.1, -0.05) is 31.5 Å². The first-order valence-electron chi connectivity index (χ1n) is 5.76. The van der Waals surface area contributed by atoms with Crippen LogP contribution in [0.4, 0.5) is 4.39 Å². The van der Waals surface area contributed by atoms with E-state index in [1.54, 1.807) is 0 Å². The smallest absolute Gasteiger partial charge is 0.253 e. The van der Waals surface area contributed by atoms with Gasteiger partial charge in [0.1, 0.15) is 5.82 Å². The lowest BCUT2D eigenvalue weighted by Crippen LogP contribution is -2.37. The maximum atomic E-state index is 13.2. The molecule has 0 heterocycles. The van der Waals surface area contributed by atoms with Crippen molar-refractivity contribution in [3.05, 3.63) is 34.6 Å². The van der Waals surface area contributed by atoms with Crippen LogP contribution in [0.3, 0.4) is 0 Å². The zero-order valence-corrected chi connectivity index (χ0v) is 11.9. The number of halogens is 3. The van der Waals surface area contributed by atoms with Crippen molar-refractivity contribution in [2.24, 2.45) is 5.92 Å². The van der Waals surface area contributed by atoms with E-state index < -0.39 is 11.7 Å². The molecule has 0 aromatic heterocycles. The highest BCUT2D eigenvalue weighted by Gasteiger charge is 2.17. The molecule has 1 amide bonds. The van der Waals surface area contributed by atoms with Gasteiger partial charge in [-0.05, 0) is 24.5 Å². The second kappa shape index (κ2) is 6.95. The summed E-state index contributed by atoms with van der Waals surface area (Å²) in [5.41, 5.74) is 0.135. The summed E-state index contributed by atoms with van der Waals surface area (Å²) in [7, 11) is 0. The van der Waals surface area contributed by atoms with Crippen molar-refractivity contribution in [1.29, 1.82) is 0 Å². The molecule has 0 radical (unpaired) electrons. The van der Waals surface area contributed by atoms with Crippen LogP contribution in [0.15, 0.2) is 18.2 Å². The third kappa shape index (κ3) is 4.14. The summed E-state index contributed by atoms with van der Waals surface area (Å²) in [4.78, 5) is 11.9. The third-order valence-corrected chi connectivity index (χ3v) is 3.23. The number of benzene rings is 1. The van der Waals surface area contributed by atoms with Crippen molar-refractivity contribution in [3.8, 4) is 0 Å². The van der Waals surface area contributed by atoms with Gasteiger partial charge in [-0.3, -0.25) is 4.79 Å². The van der Waals surface area contributed by atoms with E-state index in [4.69, 9.17) is 23.2 Å². The number of hydrogen-bond donors (Lipinski definition) is 1. The van der Waals surface area contributed by atoms with Gasteiger partial charge in [-0.25, -0.2) is 4.39 Å². The molecule has 0 spiro atoms. The van der Waals surface area contributed by atoms with Gasteiger partial charge in [0.05, 0.1) is 10.6 Å². The second-order valence-electron chi connectivity index (χ2n) is 4.56. The van der Waals surface area contributed by atoms with Crippen molar-refractivity contribution in [2.75, 3.05) is 5.88 Å². The molecule has 18 heavy (non-hydrogen) atoms. The van der Waals surface area contributed by atoms with Crippen molar-refractivity contribution >= 4 is 29.1 Å². The van der Waals surface area contributed by atoms with E-state index in [2.05, 4.69) is 5.32 Å². The Morgan fingerprint density at radius 3 is 2.67 bits per heavy atom. The molecule has 1 unspecified atom stereocenters. The van der Waals surface area contributed by atoms with Crippen LogP contribution >= 0.6 is 23.2 Å². The van der Waals surface area contributed by atoms with Gasteiger partial charge >= 0.3 is 0 Å². The van der Waals surface area contributed by atoms with Crippen LogP contribution < -0.4 is 5.32 Å². The maximum absolute atomic E-state index is 13.2. The maximum Gasteiger partial charge on any atom is 0.253 e. The van der Waals surface area contributed by atoms with Crippen LogP contribution in [0.25, 0.3) is 0 Å². The Kier molecular flexibility index (Phi) is 5.89. The monoisotopic (exact) mass is 291 g/mol. The molecular formula is C13H16Cl2FNO. The Bertz CT molecular complexity index is 423. The van der Waals surface area contributed by atoms with E-state index >= 15 is 0 Å². The first-order valence-corrected chi connectivity index (χ1v) is 6.67. The Morgan fingerprint density at radius 1 is 1.44 bits per heavy atom. The van der Waals surface area contributed by atoms with Gasteiger partial charge in [0.25, 0.3) is 5.91 Å². The second-order valence-corrected chi connectivity index (χ2v) is 5.24. The number of carbonyl (C=O) groups is 1. The van der Waals surface area contributed by atoms with Gasteiger partial charge in [0.15, 0.2) is 0 Å².